The predicted molar refractivity (Wildman–Crippen MR) is 65.2 cm³/mol. The Hall–Kier alpha value is -1.36. The van der Waals surface area contributed by atoms with Gasteiger partial charge in [-0.1, -0.05) is 6.07 Å². The molecule has 0 radical (unpaired) electrons. The first-order valence-electron chi connectivity index (χ1n) is 6.13. The van der Waals surface area contributed by atoms with Crippen LogP contribution in [0.15, 0.2) is 24.3 Å². The van der Waals surface area contributed by atoms with Gasteiger partial charge in [-0.05, 0) is 31.4 Å². The van der Waals surface area contributed by atoms with Gasteiger partial charge in [-0.2, -0.15) is 8.78 Å². The zero-order valence-corrected chi connectivity index (χ0v) is 10.1. The van der Waals surface area contributed by atoms with Crippen LogP contribution in [0.2, 0.25) is 0 Å². The van der Waals surface area contributed by atoms with Crippen molar-refractivity contribution in [2.24, 2.45) is 0 Å². The van der Waals surface area contributed by atoms with Gasteiger partial charge in [0.05, 0.1) is 0 Å². The molecule has 5 heteroatoms. The summed E-state index contributed by atoms with van der Waals surface area (Å²) in [4.78, 5) is 0. The minimum absolute atomic E-state index is 0.180. The Balaban J connectivity index is 1.95. The van der Waals surface area contributed by atoms with Crippen LogP contribution < -0.4 is 10.1 Å². The average Bonchev–Trinajstić information content (AvgIpc) is 2.57. The molecular formula is C13H17F2NO2. The molecule has 0 aliphatic carbocycles. The summed E-state index contributed by atoms with van der Waals surface area (Å²) in [5.41, 5.74) is 0.806. The molecule has 1 aliphatic heterocycles. The highest BCUT2D eigenvalue weighted by atomic mass is 19.3. The van der Waals surface area contributed by atoms with Crippen LogP contribution in [0.4, 0.5) is 14.5 Å². The highest BCUT2D eigenvalue weighted by Gasteiger charge is 2.12. The Labute approximate surface area is 105 Å². The van der Waals surface area contributed by atoms with Gasteiger partial charge in [0.15, 0.2) is 0 Å². The minimum atomic E-state index is -2.79. The van der Waals surface area contributed by atoms with Gasteiger partial charge in [0, 0.05) is 31.0 Å². The molecule has 3 nitrogen and oxygen atoms in total. The second-order valence-corrected chi connectivity index (χ2v) is 4.29. The summed E-state index contributed by atoms with van der Waals surface area (Å²) in [5, 5.41) is 3.33. The monoisotopic (exact) mass is 257 g/mol. The SMILES string of the molecule is FC(F)Oc1cccc(NC2CCCOCC2)c1. The number of hydrogen-bond donors (Lipinski definition) is 1. The third-order valence-electron chi connectivity index (χ3n) is 2.88. The standard InChI is InChI=1S/C13H17F2NO2/c14-13(15)18-12-5-1-3-11(9-12)16-10-4-2-7-17-8-6-10/h1,3,5,9-10,13,16H,2,4,6-8H2. The quantitative estimate of drug-likeness (QED) is 0.898. The molecule has 1 aliphatic rings. The van der Waals surface area contributed by atoms with Gasteiger partial charge in [0.1, 0.15) is 5.75 Å². The first kappa shape index (κ1) is 13.1. The zero-order chi connectivity index (χ0) is 12.8. The maximum Gasteiger partial charge on any atom is 0.387 e. The van der Waals surface area contributed by atoms with E-state index in [1.807, 2.05) is 6.07 Å². The Kier molecular flexibility index (Phi) is 4.75. The normalized spacial score (nSPS) is 20.5. The van der Waals surface area contributed by atoms with E-state index in [4.69, 9.17) is 4.74 Å². The van der Waals surface area contributed by atoms with Crippen molar-refractivity contribution in [3.8, 4) is 5.75 Å². The minimum Gasteiger partial charge on any atom is -0.435 e. The van der Waals surface area contributed by atoms with Gasteiger partial charge >= 0.3 is 6.61 Å². The topological polar surface area (TPSA) is 30.5 Å². The summed E-state index contributed by atoms with van der Waals surface area (Å²) in [7, 11) is 0. The zero-order valence-electron chi connectivity index (χ0n) is 10.1. The van der Waals surface area contributed by atoms with Crippen LogP contribution in [0.1, 0.15) is 19.3 Å². The van der Waals surface area contributed by atoms with Gasteiger partial charge in [0.2, 0.25) is 0 Å². The van der Waals surface area contributed by atoms with Gasteiger partial charge in [0.25, 0.3) is 0 Å². The van der Waals surface area contributed by atoms with Crippen LogP contribution in [-0.4, -0.2) is 25.9 Å². The molecule has 1 aromatic carbocycles. The molecule has 1 heterocycles. The Morgan fingerprint density at radius 2 is 2.17 bits per heavy atom. The summed E-state index contributed by atoms with van der Waals surface area (Å²) in [6.45, 7) is -1.25. The van der Waals surface area contributed by atoms with E-state index in [1.54, 1.807) is 12.1 Å². The Morgan fingerprint density at radius 3 is 3.00 bits per heavy atom. The molecule has 18 heavy (non-hydrogen) atoms. The molecule has 1 fully saturated rings. The maximum atomic E-state index is 12.1. The molecule has 0 saturated carbocycles. The lowest BCUT2D eigenvalue weighted by Crippen LogP contribution is -2.19. The number of nitrogens with one attached hydrogen (secondary N) is 1. The van der Waals surface area contributed by atoms with Crippen molar-refractivity contribution < 1.29 is 18.3 Å². The van der Waals surface area contributed by atoms with Crippen molar-refractivity contribution in [3.63, 3.8) is 0 Å². The van der Waals surface area contributed by atoms with E-state index in [1.165, 1.54) is 6.07 Å². The van der Waals surface area contributed by atoms with E-state index in [0.717, 1.165) is 38.2 Å². The molecule has 2 rings (SSSR count). The smallest absolute Gasteiger partial charge is 0.387 e. The van der Waals surface area contributed by atoms with Gasteiger partial charge in [-0.25, -0.2) is 0 Å². The molecule has 1 saturated heterocycles. The van der Waals surface area contributed by atoms with E-state index in [2.05, 4.69) is 10.1 Å². The van der Waals surface area contributed by atoms with Crippen molar-refractivity contribution in [2.45, 2.75) is 31.9 Å². The number of alkyl halides is 2. The average molecular weight is 257 g/mol. The lowest BCUT2D eigenvalue weighted by Gasteiger charge is -2.17. The first-order valence-corrected chi connectivity index (χ1v) is 6.13. The van der Waals surface area contributed by atoms with E-state index in [9.17, 15) is 8.78 Å². The lowest BCUT2D eigenvalue weighted by atomic mass is 10.1. The molecule has 100 valence electrons. The number of anilines is 1. The highest BCUT2D eigenvalue weighted by molar-refractivity contribution is 5.48. The van der Waals surface area contributed by atoms with E-state index in [0.29, 0.717) is 6.04 Å². The highest BCUT2D eigenvalue weighted by Crippen LogP contribution is 2.21. The number of benzene rings is 1. The van der Waals surface area contributed by atoms with Gasteiger partial charge in [-0.15, -0.1) is 0 Å². The molecule has 1 aromatic rings. The summed E-state index contributed by atoms with van der Waals surface area (Å²) in [6, 6.07) is 7.00. The fourth-order valence-corrected chi connectivity index (χ4v) is 2.05. The summed E-state index contributed by atoms with van der Waals surface area (Å²) in [5.74, 6) is 0.180. The Bertz CT molecular complexity index is 366. The first-order chi connectivity index (χ1) is 8.74. The number of hydrogen-bond acceptors (Lipinski definition) is 3. The molecule has 0 bridgehead atoms. The summed E-state index contributed by atoms with van der Waals surface area (Å²) < 4.78 is 34.0. The fraction of sp³-hybridized carbons (Fsp3) is 0.538. The van der Waals surface area contributed by atoms with Gasteiger partial charge in [-0.3, -0.25) is 0 Å². The third-order valence-corrected chi connectivity index (χ3v) is 2.88. The van der Waals surface area contributed by atoms with Crippen LogP contribution in [0.25, 0.3) is 0 Å². The summed E-state index contributed by atoms with van der Waals surface area (Å²) in [6.07, 6.45) is 2.98. The molecule has 1 unspecified atom stereocenters. The number of halogens is 2. The Morgan fingerprint density at radius 1 is 1.28 bits per heavy atom. The second-order valence-electron chi connectivity index (χ2n) is 4.29. The van der Waals surface area contributed by atoms with Crippen molar-refractivity contribution in [2.75, 3.05) is 18.5 Å². The van der Waals surface area contributed by atoms with Gasteiger partial charge < -0.3 is 14.8 Å². The van der Waals surface area contributed by atoms with Crippen LogP contribution >= 0.6 is 0 Å². The molecule has 0 amide bonds. The largest absolute Gasteiger partial charge is 0.435 e. The fourth-order valence-electron chi connectivity index (χ4n) is 2.05. The van der Waals surface area contributed by atoms with Crippen LogP contribution in [0, 0.1) is 0 Å². The predicted octanol–water partition coefficient (Wildman–Crippen LogP) is 3.27. The van der Waals surface area contributed by atoms with Crippen LogP contribution in [-0.2, 0) is 4.74 Å². The van der Waals surface area contributed by atoms with E-state index < -0.39 is 6.61 Å². The lowest BCUT2D eigenvalue weighted by molar-refractivity contribution is -0.0498. The van der Waals surface area contributed by atoms with Crippen molar-refractivity contribution >= 4 is 5.69 Å². The number of ether oxygens (including phenoxy) is 2. The third kappa shape index (κ3) is 4.14. The molecule has 0 aromatic heterocycles. The van der Waals surface area contributed by atoms with Crippen LogP contribution in [0.5, 0.6) is 5.75 Å². The maximum absolute atomic E-state index is 12.1. The van der Waals surface area contributed by atoms with E-state index >= 15 is 0 Å². The van der Waals surface area contributed by atoms with E-state index in [-0.39, 0.29) is 5.75 Å². The van der Waals surface area contributed by atoms with Crippen molar-refractivity contribution in [1.82, 2.24) is 0 Å². The van der Waals surface area contributed by atoms with Crippen molar-refractivity contribution in [3.05, 3.63) is 24.3 Å². The molecule has 1 N–H and O–H groups in total. The molecular weight excluding hydrogens is 240 g/mol. The van der Waals surface area contributed by atoms with Crippen molar-refractivity contribution in [1.29, 1.82) is 0 Å². The summed E-state index contributed by atoms with van der Waals surface area (Å²) >= 11 is 0. The number of rotatable bonds is 4. The van der Waals surface area contributed by atoms with Crippen LogP contribution in [0.3, 0.4) is 0 Å². The molecule has 0 spiro atoms. The second kappa shape index (κ2) is 6.54. The molecule has 1 atom stereocenters.